The fourth-order valence-electron chi connectivity index (χ4n) is 2.01. The number of aromatic nitrogens is 2. The van der Waals surface area contributed by atoms with Crippen LogP contribution in [0.4, 0.5) is 5.69 Å². The van der Waals surface area contributed by atoms with Crippen molar-refractivity contribution in [2.24, 2.45) is 0 Å². The Balaban J connectivity index is 2.36. The van der Waals surface area contributed by atoms with E-state index >= 15 is 0 Å². The van der Waals surface area contributed by atoms with Gasteiger partial charge in [0.05, 0.1) is 32.6 Å². The normalized spacial score (nSPS) is 15.6. The molecule has 0 bridgehead atoms. The first-order valence-electron chi connectivity index (χ1n) is 6.39. The molecule has 2 rings (SSSR count). The van der Waals surface area contributed by atoms with Crippen molar-refractivity contribution >= 4 is 17.3 Å². The zero-order chi connectivity index (χ0) is 13.7. The molecule has 1 fully saturated rings. The van der Waals surface area contributed by atoms with Crippen LogP contribution in [0.25, 0.3) is 0 Å². The van der Waals surface area contributed by atoms with Crippen molar-refractivity contribution in [2.45, 2.75) is 13.5 Å². The summed E-state index contributed by atoms with van der Waals surface area (Å²) in [5.74, 6) is 0.694. The molecule has 106 valence electrons. The number of ether oxygens (including phenoxy) is 2. The molecule has 1 aromatic heterocycles. The summed E-state index contributed by atoms with van der Waals surface area (Å²) < 4.78 is 12.2. The molecule has 0 aromatic carbocycles. The molecule has 1 aliphatic heterocycles. The smallest absolute Gasteiger partial charge is 0.311 e. The van der Waals surface area contributed by atoms with Gasteiger partial charge in [0.1, 0.15) is 5.69 Å². The summed E-state index contributed by atoms with van der Waals surface area (Å²) in [6.07, 6.45) is 1.67. The van der Waals surface area contributed by atoms with E-state index in [-0.39, 0.29) is 5.56 Å². The van der Waals surface area contributed by atoms with Crippen LogP contribution < -0.4 is 15.2 Å². The average Bonchev–Trinajstić information content (AvgIpc) is 2.45. The van der Waals surface area contributed by atoms with Gasteiger partial charge in [-0.25, -0.2) is 4.68 Å². The Morgan fingerprint density at radius 3 is 2.84 bits per heavy atom. The van der Waals surface area contributed by atoms with E-state index in [2.05, 4.69) is 10.00 Å². The number of morpholine rings is 1. The average molecular weight is 288 g/mol. The Morgan fingerprint density at radius 1 is 1.47 bits per heavy atom. The minimum Gasteiger partial charge on any atom is -0.487 e. The van der Waals surface area contributed by atoms with Crippen molar-refractivity contribution < 1.29 is 9.47 Å². The largest absolute Gasteiger partial charge is 0.487 e. The maximum Gasteiger partial charge on any atom is 0.311 e. The highest BCUT2D eigenvalue weighted by molar-refractivity contribution is 6.17. The molecule has 1 aromatic rings. The number of anilines is 1. The quantitative estimate of drug-likeness (QED) is 0.747. The Morgan fingerprint density at radius 2 is 2.21 bits per heavy atom. The third-order valence-electron chi connectivity index (χ3n) is 2.92. The van der Waals surface area contributed by atoms with Crippen LogP contribution >= 0.6 is 11.6 Å². The summed E-state index contributed by atoms with van der Waals surface area (Å²) in [6, 6.07) is 0. The Labute approximate surface area is 116 Å². The van der Waals surface area contributed by atoms with Crippen LogP contribution in [0.15, 0.2) is 11.0 Å². The van der Waals surface area contributed by atoms with E-state index in [4.69, 9.17) is 21.1 Å². The van der Waals surface area contributed by atoms with E-state index in [1.54, 1.807) is 6.20 Å². The van der Waals surface area contributed by atoms with Crippen molar-refractivity contribution in [1.29, 1.82) is 0 Å². The van der Waals surface area contributed by atoms with Gasteiger partial charge < -0.3 is 14.4 Å². The third kappa shape index (κ3) is 3.19. The number of hydrogen-bond donors (Lipinski definition) is 0. The molecule has 2 heterocycles. The van der Waals surface area contributed by atoms with Crippen LogP contribution in [0.5, 0.6) is 5.75 Å². The van der Waals surface area contributed by atoms with Crippen molar-refractivity contribution in [3.63, 3.8) is 0 Å². The van der Waals surface area contributed by atoms with Crippen LogP contribution in [0.3, 0.4) is 0 Å². The lowest BCUT2D eigenvalue weighted by Gasteiger charge is -2.29. The van der Waals surface area contributed by atoms with E-state index in [0.717, 1.165) is 18.8 Å². The van der Waals surface area contributed by atoms with Gasteiger partial charge in [-0.2, -0.15) is 5.10 Å². The Hall–Kier alpha value is -1.27. The fourth-order valence-corrected chi connectivity index (χ4v) is 2.17. The molecular weight excluding hydrogens is 270 g/mol. The van der Waals surface area contributed by atoms with E-state index in [0.29, 0.717) is 38.0 Å². The van der Waals surface area contributed by atoms with Crippen molar-refractivity contribution in [1.82, 2.24) is 9.78 Å². The summed E-state index contributed by atoms with van der Waals surface area (Å²) >= 11 is 5.66. The van der Waals surface area contributed by atoms with Crippen LogP contribution in [0.1, 0.15) is 6.92 Å². The highest BCUT2D eigenvalue weighted by Crippen LogP contribution is 2.24. The van der Waals surface area contributed by atoms with E-state index in [1.165, 1.54) is 4.68 Å². The van der Waals surface area contributed by atoms with Gasteiger partial charge >= 0.3 is 5.56 Å². The van der Waals surface area contributed by atoms with Crippen molar-refractivity contribution in [2.75, 3.05) is 43.7 Å². The van der Waals surface area contributed by atoms with E-state index in [9.17, 15) is 4.79 Å². The summed E-state index contributed by atoms with van der Waals surface area (Å²) in [7, 11) is 0. The molecule has 0 atom stereocenters. The monoisotopic (exact) mass is 287 g/mol. The van der Waals surface area contributed by atoms with Crippen LogP contribution in [-0.2, 0) is 11.3 Å². The number of aryl methyl sites for hydroxylation is 1. The van der Waals surface area contributed by atoms with Gasteiger partial charge in [-0.1, -0.05) is 0 Å². The highest BCUT2D eigenvalue weighted by Gasteiger charge is 2.20. The van der Waals surface area contributed by atoms with Gasteiger partial charge in [0.25, 0.3) is 0 Å². The fraction of sp³-hybridized carbons (Fsp3) is 0.667. The molecular formula is C12H18ClN3O3. The first kappa shape index (κ1) is 14.1. The van der Waals surface area contributed by atoms with Crippen molar-refractivity contribution in [3.8, 4) is 5.75 Å². The second-order valence-electron chi connectivity index (χ2n) is 4.11. The van der Waals surface area contributed by atoms with Crippen LogP contribution in [0, 0.1) is 0 Å². The zero-order valence-electron chi connectivity index (χ0n) is 11.0. The molecule has 7 heteroatoms. The maximum atomic E-state index is 12.3. The summed E-state index contributed by atoms with van der Waals surface area (Å²) in [5.41, 5.74) is 0.507. The zero-order valence-corrected chi connectivity index (χ0v) is 11.7. The molecule has 1 saturated heterocycles. The molecule has 0 radical (unpaired) electrons. The molecule has 0 N–H and O–H groups in total. The number of hydrogen-bond acceptors (Lipinski definition) is 5. The van der Waals surface area contributed by atoms with Gasteiger partial charge in [-0.3, -0.25) is 4.79 Å². The van der Waals surface area contributed by atoms with Crippen molar-refractivity contribution in [3.05, 3.63) is 16.6 Å². The Kier molecular flexibility index (Phi) is 5.04. The van der Waals surface area contributed by atoms with E-state index in [1.807, 2.05) is 6.92 Å². The first-order chi connectivity index (χ1) is 9.27. The lowest BCUT2D eigenvalue weighted by molar-refractivity contribution is 0.122. The number of halogens is 1. The minimum absolute atomic E-state index is 0.230. The molecule has 0 aliphatic carbocycles. The van der Waals surface area contributed by atoms with Gasteiger partial charge in [0.15, 0.2) is 0 Å². The van der Waals surface area contributed by atoms with Crippen LogP contribution in [-0.4, -0.2) is 48.6 Å². The number of rotatable bonds is 5. The maximum absolute atomic E-state index is 12.3. The molecule has 0 unspecified atom stereocenters. The lowest BCUT2D eigenvalue weighted by atomic mass is 10.3. The van der Waals surface area contributed by atoms with Gasteiger partial charge in [-0.05, 0) is 6.92 Å². The van der Waals surface area contributed by atoms with Gasteiger partial charge in [0, 0.05) is 19.0 Å². The second-order valence-corrected chi connectivity index (χ2v) is 4.49. The number of nitrogens with zero attached hydrogens (tertiary/aromatic N) is 3. The SMILES string of the molecule is CCOc1c(N2CCOCC2)cnn(CCCl)c1=O. The predicted octanol–water partition coefficient (Wildman–Crippen LogP) is 0.717. The topological polar surface area (TPSA) is 56.6 Å². The van der Waals surface area contributed by atoms with Crippen LogP contribution in [0.2, 0.25) is 0 Å². The molecule has 0 amide bonds. The highest BCUT2D eigenvalue weighted by atomic mass is 35.5. The molecule has 19 heavy (non-hydrogen) atoms. The molecule has 1 aliphatic rings. The summed E-state index contributed by atoms with van der Waals surface area (Å²) in [4.78, 5) is 14.3. The summed E-state index contributed by atoms with van der Waals surface area (Å²) in [5, 5.41) is 4.14. The first-order valence-corrected chi connectivity index (χ1v) is 6.93. The van der Waals surface area contributed by atoms with Gasteiger partial charge in [0.2, 0.25) is 5.75 Å². The van der Waals surface area contributed by atoms with E-state index < -0.39 is 0 Å². The molecule has 0 spiro atoms. The predicted molar refractivity (Wildman–Crippen MR) is 73.4 cm³/mol. The number of alkyl halides is 1. The molecule has 0 saturated carbocycles. The second kappa shape index (κ2) is 6.77. The minimum atomic E-state index is -0.230. The summed E-state index contributed by atoms with van der Waals surface area (Å²) in [6.45, 7) is 5.45. The van der Waals surface area contributed by atoms with Gasteiger partial charge in [-0.15, -0.1) is 11.6 Å². The third-order valence-corrected chi connectivity index (χ3v) is 3.09. The standard InChI is InChI=1S/C12H18ClN3O3/c1-2-19-11-10(15-5-7-18-8-6-15)9-14-16(4-3-13)12(11)17/h9H,2-8H2,1H3. The molecule has 6 nitrogen and oxygen atoms in total. The lowest BCUT2D eigenvalue weighted by Crippen LogP contribution is -2.38. The Bertz CT molecular complexity index is 472.